The van der Waals surface area contributed by atoms with Crippen molar-refractivity contribution >= 4 is 38.8 Å². The monoisotopic (exact) mass is 394 g/mol. The Hall–Kier alpha value is -2.44. The molecule has 2 aromatic carbocycles. The molecule has 0 spiro atoms. The molecule has 1 unspecified atom stereocenters. The van der Waals surface area contributed by atoms with Crippen LogP contribution in [0.25, 0.3) is 10.2 Å². The Morgan fingerprint density at radius 1 is 1.18 bits per heavy atom. The number of thiazole rings is 1. The third kappa shape index (κ3) is 4.18. The predicted molar refractivity (Wildman–Crippen MR) is 117 cm³/mol. The van der Waals surface area contributed by atoms with Crippen LogP contribution in [0, 0.1) is 0 Å². The van der Waals surface area contributed by atoms with Crippen molar-refractivity contribution in [2.24, 2.45) is 0 Å². The number of likely N-dealkylation sites (N-methyl/N-ethyl adjacent to an activating group) is 1. The van der Waals surface area contributed by atoms with Crippen LogP contribution in [0.5, 0.6) is 0 Å². The molecule has 6 heteroatoms. The van der Waals surface area contributed by atoms with Crippen LogP contribution in [-0.2, 0) is 4.79 Å². The fourth-order valence-electron chi connectivity index (χ4n) is 3.55. The first-order chi connectivity index (χ1) is 13.6. The van der Waals surface area contributed by atoms with Gasteiger partial charge in [-0.1, -0.05) is 12.1 Å². The van der Waals surface area contributed by atoms with Crippen molar-refractivity contribution in [1.82, 2.24) is 9.88 Å². The van der Waals surface area contributed by atoms with Crippen molar-refractivity contribution in [3.8, 4) is 0 Å². The van der Waals surface area contributed by atoms with Gasteiger partial charge in [0, 0.05) is 24.5 Å². The lowest BCUT2D eigenvalue weighted by Crippen LogP contribution is -2.32. The third-order valence-corrected chi connectivity index (χ3v) is 6.55. The zero-order chi connectivity index (χ0) is 19.5. The van der Waals surface area contributed by atoms with Crippen LogP contribution in [0.1, 0.15) is 30.8 Å². The lowest BCUT2D eigenvalue weighted by atomic mass is 10.2. The summed E-state index contributed by atoms with van der Waals surface area (Å²) in [5.74, 6) is -0.00983. The number of carbonyl (C=O) groups is 1. The third-order valence-electron chi connectivity index (χ3n) is 5.34. The van der Waals surface area contributed by atoms with Crippen molar-refractivity contribution in [1.29, 1.82) is 0 Å². The number of fused-ring (bicyclic) bond motifs is 1. The molecule has 1 N–H and O–H groups in total. The molecule has 0 bridgehead atoms. The molecular weight excluding hydrogens is 368 g/mol. The van der Waals surface area contributed by atoms with Crippen LogP contribution >= 0.6 is 11.3 Å². The molecule has 1 aliphatic rings. The Morgan fingerprint density at radius 2 is 1.89 bits per heavy atom. The predicted octanol–water partition coefficient (Wildman–Crippen LogP) is 4.53. The van der Waals surface area contributed by atoms with Gasteiger partial charge in [-0.15, -0.1) is 11.3 Å². The number of nitrogens with zero attached hydrogens (tertiary/aromatic N) is 3. The van der Waals surface area contributed by atoms with Gasteiger partial charge in [0.15, 0.2) is 0 Å². The van der Waals surface area contributed by atoms with E-state index in [2.05, 4.69) is 35.3 Å². The molecule has 0 aliphatic carbocycles. The minimum absolute atomic E-state index is 0.00983. The van der Waals surface area contributed by atoms with E-state index >= 15 is 0 Å². The second-order valence-corrected chi connectivity index (χ2v) is 8.46. The average Bonchev–Trinajstić information content (AvgIpc) is 3.37. The van der Waals surface area contributed by atoms with Crippen LogP contribution in [0.2, 0.25) is 0 Å². The largest absolute Gasteiger partial charge is 0.372 e. The molecule has 2 heterocycles. The quantitative estimate of drug-likeness (QED) is 0.667. The van der Waals surface area contributed by atoms with Crippen LogP contribution in [0.15, 0.2) is 48.5 Å². The summed E-state index contributed by atoms with van der Waals surface area (Å²) in [6.07, 6.45) is 2.52. The van der Waals surface area contributed by atoms with Crippen molar-refractivity contribution < 1.29 is 4.79 Å². The topological polar surface area (TPSA) is 48.5 Å². The van der Waals surface area contributed by atoms with Gasteiger partial charge in [-0.05, 0) is 63.2 Å². The zero-order valence-electron chi connectivity index (χ0n) is 16.4. The summed E-state index contributed by atoms with van der Waals surface area (Å²) in [5, 5.41) is 4.04. The van der Waals surface area contributed by atoms with Gasteiger partial charge < -0.3 is 10.2 Å². The smallest absolute Gasteiger partial charge is 0.238 e. The number of amides is 1. The lowest BCUT2D eigenvalue weighted by molar-refractivity contribution is -0.117. The maximum Gasteiger partial charge on any atom is 0.238 e. The van der Waals surface area contributed by atoms with Gasteiger partial charge in [0.05, 0.1) is 22.8 Å². The molecule has 0 radical (unpaired) electrons. The van der Waals surface area contributed by atoms with E-state index in [1.54, 1.807) is 11.3 Å². The first-order valence-electron chi connectivity index (χ1n) is 9.81. The minimum Gasteiger partial charge on any atom is -0.372 e. The molecular formula is C22H26N4OS. The summed E-state index contributed by atoms with van der Waals surface area (Å²) in [6.45, 7) is 4.67. The zero-order valence-corrected chi connectivity index (χ0v) is 17.2. The molecule has 1 aliphatic heterocycles. The molecule has 1 aromatic heterocycles. The molecule has 1 atom stereocenters. The van der Waals surface area contributed by atoms with Crippen molar-refractivity contribution in [2.45, 2.75) is 25.8 Å². The van der Waals surface area contributed by atoms with E-state index in [-0.39, 0.29) is 11.9 Å². The standard InChI is InChI=1S/C22H26N4OS/c1-16(22-24-19-7-3-4-8-20(19)28-22)25(2)15-21(27)23-17-9-11-18(12-10-17)26-13-5-6-14-26/h3-4,7-12,16H,5-6,13-15H2,1-2H3,(H,23,27). The minimum atomic E-state index is -0.00983. The molecule has 4 rings (SSSR count). The summed E-state index contributed by atoms with van der Waals surface area (Å²) >= 11 is 1.69. The molecule has 3 aromatic rings. The fourth-order valence-corrected chi connectivity index (χ4v) is 4.64. The first-order valence-corrected chi connectivity index (χ1v) is 10.6. The average molecular weight is 395 g/mol. The van der Waals surface area contributed by atoms with Crippen molar-refractivity contribution in [3.63, 3.8) is 0 Å². The molecule has 1 fully saturated rings. The number of nitrogens with one attached hydrogen (secondary N) is 1. The van der Waals surface area contributed by atoms with Gasteiger partial charge in [-0.25, -0.2) is 4.98 Å². The lowest BCUT2D eigenvalue weighted by Gasteiger charge is -2.22. The van der Waals surface area contributed by atoms with Crippen LogP contribution in [0.4, 0.5) is 11.4 Å². The van der Waals surface area contributed by atoms with Gasteiger partial charge in [-0.3, -0.25) is 9.69 Å². The maximum atomic E-state index is 12.5. The van der Waals surface area contributed by atoms with E-state index < -0.39 is 0 Å². The molecule has 0 saturated carbocycles. The van der Waals surface area contributed by atoms with Gasteiger partial charge in [-0.2, -0.15) is 0 Å². The molecule has 146 valence electrons. The van der Waals surface area contributed by atoms with E-state index in [1.165, 1.54) is 23.2 Å². The maximum absolute atomic E-state index is 12.5. The number of benzene rings is 2. The number of hydrogen-bond donors (Lipinski definition) is 1. The highest BCUT2D eigenvalue weighted by Crippen LogP contribution is 2.28. The number of hydrogen-bond acceptors (Lipinski definition) is 5. The van der Waals surface area contributed by atoms with Crippen LogP contribution in [0.3, 0.4) is 0 Å². The number of rotatable bonds is 6. The van der Waals surface area contributed by atoms with Crippen molar-refractivity contribution in [2.75, 3.05) is 36.9 Å². The summed E-state index contributed by atoms with van der Waals surface area (Å²) < 4.78 is 1.18. The summed E-state index contributed by atoms with van der Waals surface area (Å²) in [4.78, 5) is 21.6. The summed E-state index contributed by atoms with van der Waals surface area (Å²) in [7, 11) is 1.97. The van der Waals surface area contributed by atoms with E-state index in [9.17, 15) is 4.79 Å². The molecule has 1 amide bonds. The van der Waals surface area contributed by atoms with Gasteiger partial charge in [0.25, 0.3) is 0 Å². The Morgan fingerprint density at radius 3 is 2.61 bits per heavy atom. The van der Waals surface area contributed by atoms with Gasteiger partial charge >= 0.3 is 0 Å². The highest BCUT2D eigenvalue weighted by atomic mass is 32.1. The SMILES string of the molecule is CC(c1nc2ccccc2s1)N(C)CC(=O)Nc1ccc(N2CCCC2)cc1. The van der Waals surface area contributed by atoms with E-state index in [4.69, 9.17) is 4.98 Å². The second kappa shape index (κ2) is 8.29. The highest BCUT2D eigenvalue weighted by molar-refractivity contribution is 7.18. The molecule has 28 heavy (non-hydrogen) atoms. The Kier molecular flexibility index (Phi) is 5.59. The number of para-hydroxylation sites is 1. The highest BCUT2D eigenvalue weighted by Gasteiger charge is 2.19. The molecule has 1 saturated heterocycles. The van der Waals surface area contributed by atoms with Crippen LogP contribution < -0.4 is 10.2 Å². The number of aromatic nitrogens is 1. The first kappa shape index (κ1) is 18.9. The summed E-state index contributed by atoms with van der Waals surface area (Å²) in [6, 6.07) is 16.4. The second-order valence-electron chi connectivity index (χ2n) is 7.40. The normalized spacial score (nSPS) is 15.3. The number of anilines is 2. The molecule has 5 nitrogen and oxygen atoms in total. The van der Waals surface area contributed by atoms with Crippen molar-refractivity contribution in [3.05, 3.63) is 53.5 Å². The van der Waals surface area contributed by atoms with Gasteiger partial charge in [0.2, 0.25) is 5.91 Å². The van der Waals surface area contributed by atoms with Crippen LogP contribution in [-0.4, -0.2) is 42.5 Å². The Labute approximate surface area is 170 Å². The fraction of sp³-hybridized carbons (Fsp3) is 0.364. The number of carbonyl (C=O) groups excluding carboxylic acids is 1. The summed E-state index contributed by atoms with van der Waals surface area (Å²) in [5.41, 5.74) is 3.09. The van der Waals surface area contributed by atoms with E-state index in [0.29, 0.717) is 6.54 Å². The van der Waals surface area contributed by atoms with Gasteiger partial charge in [0.1, 0.15) is 5.01 Å². The van der Waals surface area contributed by atoms with E-state index in [1.807, 2.05) is 42.3 Å². The Balaban J connectivity index is 1.34. The van der Waals surface area contributed by atoms with E-state index in [0.717, 1.165) is 29.3 Å². The Bertz CT molecular complexity index is 914.